The molecule has 2 N–H and O–H groups in total. The molecule has 1 amide bonds. The summed E-state index contributed by atoms with van der Waals surface area (Å²) in [7, 11) is 0. The largest absolute Gasteiger partial charge is 0.507 e. The number of rotatable bonds is 4. The molecule has 0 aromatic heterocycles. The highest BCUT2D eigenvalue weighted by molar-refractivity contribution is 5.95. The zero-order valence-corrected chi connectivity index (χ0v) is 13.0. The lowest BCUT2D eigenvalue weighted by molar-refractivity contribution is 0.0955. The van der Waals surface area contributed by atoms with E-state index in [2.05, 4.69) is 10.5 Å². The van der Waals surface area contributed by atoms with E-state index in [9.17, 15) is 9.90 Å². The number of hydrogen-bond donors (Lipinski definition) is 2. The number of aryl methyl sites for hydroxylation is 1. The van der Waals surface area contributed by atoms with Crippen LogP contribution in [0.5, 0.6) is 5.75 Å². The summed E-state index contributed by atoms with van der Waals surface area (Å²) in [5, 5.41) is 14.3. The Morgan fingerprint density at radius 1 is 1.18 bits per heavy atom. The number of hydrogen-bond acceptors (Lipinski definition) is 3. The molecule has 4 nitrogen and oxygen atoms in total. The van der Waals surface area contributed by atoms with Gasteiger partial charge in [-0.05, 0) is 36.1 Å². The van der Waals surface area contributed by atoms with Crippen molar-refractivity contribution < 1.29 is 9.90 Å². The van der Waals surface area contributed by atoms with Crippen LogP contribution in [0, 0.1) is 6.92 Å². The average molecular weight is 296 g/mol. The van der Waals surface area contributed by atoms with Gasteiger partial charge in [-0.2, -0.15) is 5.10 Å². The summed E-state index contributed by atoms with van der Waals surface area (Å²) >= 11 is 0. The maximum Gasteiger partial charge on any atom is 0.271 e. The van der Waals surface area contributed by atoms with E-state index in [1.165, 1.54) is 6.21 Å². The molecule has 0 fully saturated rings. The predicted molar refractivity (Wildman–Crippen MR) is 88.4 cm³/mol. The Bertz CT molecular complexity index is 692. The number of nitrogens with zero attached hydrogens (tertiary/aromatic N) is 1. The van der Waals surface area contributed by atoms with Crippen molar-refractivity contribution in [2.75, 3.05) is 0 Å². The van der Waals surface area contributed by atoms with Gasteiger partial charge in [-0.3, -0.25) is 4.79 Å². The van der Waals surface area contributed by atoms with Crippen LogP contribution in [0.1, 0.15) is 46.8 Å². The van der Waals surface area contributed by atoms with Crippen LogP contribution in [-0.2, 0) is 0 Å². The number of amides is 1. The first-order valence-electron chi connectivity index (χ1n) is 7.21. The van der Waals surface area contributed by atoms with Gasteiger partial charge in [0.2, 0.25) is 0 Å². The van der Waals surface area contributed by atoms with Crippen LogP contribution < -0.4 is 5.43 Å². The summed E-state index contributed by atoms with van der Waals surface area (Å²) < 4.78 is 0. The van der Waals surface area contributed by atoms with Gasteiger partial charge in [-0.1, -0.05) is 44.2 Å². The van der Waals surface area contributed by atoms with E-state index in [1.54, 1.807) is 24.3 Å². The smallest absolute Gasteiger partial charge is 0.271 e. The molecule has 0 aliphatic heterocycles. The van der Waals surface area contributed by atoms with Crippen LogP contribution in [0.15, 0.2) is 47.6 Å². The minimum atomic E-state index is -0.283. The highest BCUT2D eigenvalue weighted by atomic mass is 16.3. The number of phenolic OH excluding ortho intramolecular Hbond substituents is 1. The Morgan fingerprint density at radius 2 is 1.86 bits per heavy atom. The van der Waals surface area contributed by atoms with Crippen molar-refractivity contribution in [3.05, 3.63) is 64.7 Å². The van der Waals surface area contributed by atoms with Crippen molar-refractivity contribution in [2.45, 2.75) is 26.7 Å². The number of nitrogens with one attached hydrogen (secondary N) is 1. The first-order chi connectivity index (χ1) is 10.5. The first kappa shape index (κ1) is 15.8. The highest BCUT2D eigenvalue weighted by Crippen LogP contribution is 2.29. The third-order valence-corrected chi connectivity index (χ3v) is 3.48. The molecule has 0 heterocycles. The van der Waals surface area contributed by atoms with Crippen molar-refractivity contribution in [1.82, 2.24) is 5.43 Å². The molecule has 0 atom stereocenters. The van der Waals surface area contributed by atoms with Crippen LogP contribution in [-0.4, -0.2) is 17.2 Å². The Labute approximate surface area is 130 Å². The quantitative estimate of drug-likeness (QED) is 0.669. The molecule has 0 saturated heterocycles. The molecular formula is C18H20N2O2. The summed E-state index contributed by atoms with van der Waals surface area (Å²) in [5.41, 5.74) is 5.40. The third kappa shape index (κ3) is 3.52. The van der Waals surface area contributed by atoms with Crippen LogP contribution in [0.25, 0.3) is 0 Å². The monoisotopic (exact) mass is 296 g/mol. The Kier molecular flexibility index (Phi) is 4.94. The van der Waals surface area contributed by atoms with E-state index in [1.807, 2.05) is 39.0 Å². The number of hydrazone groups is 1. The Hall–Kier alpha value is -2.62. The second-order valence-corrected chi connectivity index (χ2v) is 5.45. The molecule has 0 bridgehead atoms. The van der Waals surface area contributed by atoms with Crippen LogP contribution in [0.3, 0.4) is 0 Å². The van der Waals surface area contributed by atoms with E-state index in [0.717, 1.165) is 11.1 Å². The van der Waals surface area contributed by atoms with E-state index in [0.29, 0.717) is 11.1 Å². The van der Waals surface area contributed by atoms with Gasteiger partial charge in [-0.15, -0.1) is 0 Å². The summed E-state index contributed by atoms with van der Waals surface area (Å²) in [4.78, 5) is 11.9. The number of aromatic hydroxyl groups is 1. The minimum absolute atomic E-state index is 0.214. The van der Waals surface area contributed by atoms with E-state index in [-0.39, 0.29) is 17.6 Å². The minimum Gasteiger partial charge on any atom is -0.507 e. The van der Waals surface area contributed by atoms with Gasteiger partial charge < -0.3 is 5.11 Å². The lowest BCUT2D eigenvalue weighted by atomic mass is 9.96. The molecule has 0 spiro atoms. The molecule has 0 saturated carbocycles. The average Bonchev–Trinajstić information content (AvgIpc) is 2.50. The van der Waals surface area contributed by atoms with Crippen molar-refractivity contribution in [3.63, 3.8) is 0 Å². The fourth-order valence-electron chi connectivity index (χ4n) is 2.16. The Morgan fingerprint density at radius 3 is 2.50 bits per heavy atom. The molecule has 0 aliphatic rings. The van der Waals surface area contributed by atoms with Gasteiger partial charge in [0.1, 0.15) is 5.75 Å². The number of benzene rings is 2. The van der Waals surface area contributed by atoms with E-state index < -0.39 is 0 Å². The molecule has 2 aromatic carbocycles. The van der Waals surface area contributed by atoms with Crippen LogP contribution in [0.4, 0.5) is 0 Å². The van der Waals surface area contributed by atoms with Crippen molar-refractivity contribution in [1.29, 1.82) is 0 Å². The van der Waals surface area contributed by atoms with Gasteiger partial charge >= 0.3 is 0 Å². The zero-order valence-electron chi connectivity index (χ0n) is 13.0. The molecule has 22 heavy (non-hydrogen) atoms. The first-order valence-corrected chi connectivity index (χ1v) is 7.21. The molecule has 0 unspecified atom stereocenters. The summed E-state index contributed by atoms with van der Waals surface area (Å²) in [5.74, 6) is 0.147. The number of carbonyl (C=O) groups is 1. The SMILES string of the molecule is Cc1ccc(C(C)C)c(O)c1/C=N/NC(=O)c1ccccc1. The highest BCUT2D eigenvalue weighted by Gasteiger charge is 2.11. The van der Waals surface area contributed by atoms with Crippen LogP contribution >= 0.6 is 0 Å². The van der Waals surface area contributed by atoms with Gasteiger partial charge in [0.25, 0.3) is 5.91 Å². The lowest BCUT2D eigenvalue weighted by Crippen LogP contribution is -2.17. The second-order valence-electron chi connectivity index (χ2n) is 5.45. The van der Waals surface area contributed by atoms with Crippen molar-refractivity contribution >= 4 is 12.1 Å². The van der Waals surface area contributed by atoms with Crippen molar-refractivity contribution in [3.8, 4) is 5.75 Å². The van der Waals surface area contributed by atoms with Gasteiger partial charge in [0.05, 0.1) is 6.21 Å². The van der Waals surface area contributed by atoms with E-state index >= 15 is 0 Å². The molecular weight excluding hydrogens is 276 g/mol. The number of phenols is 1. The summed E-state index contributed by atoms with van der Waals surface area (Å²) in [6, 6.07) is 12.7. The molecule has 0 aliphatic carbocycles. The standard InChI is InChI=1S/C18H20N2O2/c1-12(2)15-10-9-13(3)16(17(15)21)11-19-20-18(22)14-7-5-4-6-8-14/h4-12,21H,1-3H3,(H,20,22)/b19-11+. The fourth-order valence-corrected chi connectivity index (χ4v) is 2.16. The topological polar surface area (TPSA) is 61.7 Å². The predicted octanol–water partition coefficient (Wildman–Crippen LogP) is 3.59. The maximum absolute atomic E-state index is 11.9. The van der Waals surface area contributed by atoms with Gasteiger partial charge in [0, 0.05) is 11.1 Å². The second kappa shape index (κ2) is 6.89. The maximum atomic E-state index is 11.9. The van der Waals surface area contributed by atoms with Crippen molar-refractivity contribution in [2.24, 2.45) is 5.10 Å². The number of carbonyl (C=O) groups excluding carboxylic acids is 1. The molecule has 0 radical (unpaired) electrons. The third-order valence-electron chi connectivity index (χ3n) is 3.48. The molecule has 4 heteroatoms. The van der Waals surface area contributed by atoms with Gasteiger partial charge in [-0.25, -0.2) is 5.43 Å². The molecule has 2 rings (SSSR count). The molecule has 2 aromatic rings. The van der Waals surface area contributed by atoms with Crippen LogP contribution in [0.2, 0.25) is 0 Å². The lowest BCUT2D eigenvalue weighted by Gasteiger charge is -2.12. The zero-order chi connectivity index (χ0) is 16.1. The van der Waals surface area contributed by atoms with Gasteiger partial charge in [0.15, 0.2) is 0 Å². The normalized spacial score (nSPS) is 11.1. The fraction of sp³-hybridized carbons (Fsp3) is 0.222. The molecule has 114 valence electrons. The summed E-state index contributed by atoms with van der Waals surface area (Å²) in [6.07, 6.45) is 1.48. The Balaban J connectivity index is 2.17. The van der Waals surface area contributed by atoms with E-state index in [4.69, 9.17) is 0 Å². The summed E-state index contributed by atoms with van der Waals surface area (Å²) in [6.45, 7) is 5.93.